The van der Waals surface area contributed by atoms with E-state index in [1.165, 1.54) is 31.2 Å². The van der Waals surface area contributed by atoms with E-state index in [1.54, 1.807) is 30.3 Å². The second-order valence-corrected chi connectivity index (χ2v) is 10.1. The molecule has 11 heteroatoms. The summed E-state index contributed by atoms with van der Waals surface area (Å²) in [6, 6.07) is 8.84. The molecule has 2 aromatic carbocycles. The van der Waals surface area contributed by atoms with Crippen molar-refractivity contribution in [3.8, 4) is 23.3 Å². The van der Waals surface area contributed by atoms with Crippen molar-refractivity contribution in [2.75, 3.05) is 6.79 Å². The molecule has 1 aromatic heterocycles. The van der Waals surface area contributed by atoms with Gasteiger partial charge in [0.15, 0.2) is 23.2 Å². The highest BCUT2D eigenvalue weighted by Crippen LogP contribution is 2.33. The summed E-state index contributed by atoms with van der Waals surface area (Å²) in [6.45, 7) is 5.37. The summed E-state index contributed by atoms with van der Waals surface area (Å²) in [5, 5.41) is 25.7. The number of aromatic hydroxyl groups is 2. The van der Waals surface area contributed by atoms with Crippen LogP contribution in [0.4, 0.5) is 4.39 Å². The van der Waals surface area contributed by atoms with Crippen molar-refractivity contribution in [1.29, 1.82) is 0 Å². The van der Waals surface area contributed by atoms with Gasteiger partial charge in [0.25, 0.3) is 0 Å². The van der Waals surface area contributed by atoms with E-state index in [1.807, 2.05) is 13.8 Å². The Labute approximate surface area is 242 Å². The van der Waals surface area contributed by atoms with Crippen LogP contribution in [0.25, 0.3) is 6.08 Å². The third kappa shape index (κ3) is 6.91. The summed E-state index contributed by atoms with van der Waals surface area (Å²) in [5.41, 5.74) is 1.12. The van der Waals surface area contributed by atoms with Crippen molar-refractivity contribution in [2.45, 2.75) is 52.1 Å². The van der Waals surface area contributed by atoms with Gasteiger partial charge in [-0.15, -0.1) is 0 Å². The molecule has 1 aliphatic rings. The summed E-state index contributed by atoms with van der Waals surface area (Å²) in [7, 11) is 0. The maximum atomic E-state index is 14.1. The smallest absolute Gasteiger partial charge is 0.244 e. The number of amides is 2. The molecule has 2 amide bonds. The molecule has 0 fully saturated rings. The average molecular weight is 580 g/mol. The van der Waals surface area contributed by atoms with Crippen molar-refractivity contribution >= 4 is 23.7 Å². The number of fused-ring (bicyclic) bond motifs is 1. The number of halogens is 1. The molecule has 42 heavy (non-hydrogen) atoms. The summed E-state index contributed by atoms with van der Waals surface area (Å²) >= 11 is 0. The molecule has 5 N–H and O–H groups in total. The number of ether oxygens (including phenoxy) is 2. The number of rotatable bonds is 12. The molecule has 0 saturated carbocycles. The van der Waals surface area contributed by atoms with E-state index in [9.17, 15) is 29.0 Å². The van der Waals surface area contributed by atoms with Gasteiger partial charge in [0.2, 0.25) is 24.5 Å². The number of hydrogen-bond acceptors (Lipinski definition) is 7. The van der Waals surface area contributed by atoms with Crippen LogP contribution in [0.15, 0.2) is 48.5 Å². The lowest BCUT2D eigenvalue weighted by Gasteiger charge is -2.26. The molecule has 0 spiro atoms. The fourth-order valence-corrected chi connectivity index (χ4v) is 4.98. The quantitative estimate of drug-likeness (QED) is 0.155. The zero-order valence-corrected chi connectivity index (χ0v) is 23.6. The van der Waals surface area contributed by atoms with Gasteiger partial charge in [0.1, 0.15) is 5.82 Å². The molecule has 0 saturated heterocycles. The van der Waals surface area contributed by atoms with E-state index in [0.29, 0.717) is 35.5 Å². The van der Waals surface area contributed by atoms with Gasteiger partial charge in [-0.25, -0.2) is 4.39 Å². The summed E-state index contributed by atoms with van der Waals surface area (Å²) in [5.74, 6) is -2.11. The topological polar surface area (TPSA) is 150 Å². The molecule has 222 valence electrons. The number of aromatic nitrogens is 1. The predicted octanol–water partition coefficient (Wildman–Crippen LogP) is 4.67. The summed E-state index contributed by atoms with van der Waals surface area (Å²) in [6.07, 6.45) is 3.68. The summed E-state index contributed by atoms with van der Waals surface area (Å²) in [4.78, 5) is 42.1. The van der Waals surface area contributed by atoms with E-state index >= 15 is 0 Å². The molecule has 2 heterocycles. The fourth-order valence-electron chi connectivity index (χ4n) is 4.98. The fraction of sp³-hybridized carbons (Fsp3) is 0.323. The molecular weight excluding hydrogens is 545 g/mol. The Morgan fingerprint density at radius 1 is 1.02 bits per heavy atom. The monoisotopic (exact) mass is 579 g/mol. The number of carbonyl (C=O) groups is 3. The highest BCUT2D eigenvalue weighted by atomic mass is 19.1. The molecule has 0 bridgehead atoms. The van der Waals surface area contributed by atoms with Crippen LogP contribution in [0.1, 0.15) is 66.2 Å². The van der Waals surface area contributed by atoms with Crippen LogP contribution in [0, 0.1) is 18.7 Å². The van der Waals surface area contributed by atoms with E-state index in [4.69, 9.17) is 9.47 Å². The number of nitrogens with one attached hydrogen (secondary N) is 3. The normalized spacial score (nSPS) is 13.7. The number of ketones is 1. The van der Waals surface area contributed by atoms with Crippen molar-refractivity contribution in [2.24, 2.45) is 5.92 Å². The SMILES string of the molecule is CCC(CC)C(NC(=O)CC(NC(=O)C=Cc1ccc2c(c1)OCO2)c1cccc(F)c1)C(=O)c1c(O)[nH]c(O)c1C. The first kappa shape index (κ1) is 30.2. The molecule has 10 nitrogen and oxygen atoms in total. The lowest BCUT2D eigenvalue weighted by atomic mass is 9.87. The van der Waals surface area contributed by atoms with E-state index < -0.39 is 41.4 Å². The van der Waals surface area contributed by atoms with Crippen molar-refractivity contribution in [1.82, 2.24) is 15.6 Å². The Morgan fingerprint density at radius 2 is 1.76 bits per heavy atom. The largest absolute Gasteiger partial charge is 0.494 e. The van der Waals surface area contributed by atoms with Crippen molar-refractivity contribution < 1.29 is 38.5 Å². The van der Waals surface area contributed by atoms with Crippen LogP contribution in [-0.4, -0.2) is 45.6 Å². The second-order valence-electron chi connectivity index (χ2n) is 10.1. The van der Waals surface area contributed by atoms with Gasteiger partial charge >= 0.3 is 0 Å². The van der Waals surface area contributed by atoms with Crippen LogP contribution in [0.3, 0.4) is 0 Å². The third-order valence-corrected chi connectivity index (χ3v) is 7.35. The summed E-state index contributed by atoms with van der Waals surface area (Å²) < 4.78 is 24.8. The van der Waals surface area contributed by atoms with Crippen LogP contribution < -0.4 is 20.1 Å². The second kappa shape index (κ2) is 13.2. The van der Waals surface area contributed by atoms with E-state index in [2.05, 4.69) is 15.6 Å². The molecule has 2 unspecified atom stereocenters. The Balaban J connectivity index is 1.53. The number of H-pyrrole nitrogens is 1. The van der Waals surface area contributed by atoms with Crippen LogP contribution in [-0.2, 0) is 9.59 Å². The number of Topliss-reactive ketones (excluding diaryl/α,β-unsaturated/α-hetero) is 1. The number of carbonyl (C=O) groups excluding carboxylic acids is 3. The number of hydrogen-bond donors (Lipinski definition) is 5. The minimum Gasteiger partial charge on any atom is -0.494 e. The van der Waals surface area contributed by atoms with Gasteiger partial charge in [-0.05, 0) is 54.3 Å². The molecular formula is C31H34FN3O7. The van der Waals surface area contributed by atoms with Gasteiger partial charge < -0.3 is 30.3 Å². The maximum absolute atomic E-state index is 14.1. The van der Waals surface area contributed by atoms with Crippen LogP contribution >= 0.6 is 0 Å². The number of benzene rings is 2. The molecule has 0 aliphatic carbocycles. The maximum Gasteiger partial charge on any atom is 0.244 e. The van der Waals surface area contributed by atoms with Crippen molar-refractivity contribution in [3.05, 3.63) is 76.6 Å². The van der Waals surface area contributed by atoms with E-state index in [0.717, 1.165) is 0 Å². The average Bonchev–Trinajstić information content (AvgIpc) is 3.53. The molecule has 2 atom stereocenters. The Kier molecular flexibility index (Phi) is 9.51. The predicted molar refractivity (Wildman–Crippen MR) is 153 cm³/mol. The van der Waals surface area contributed by atoms with Gasteiger partial charge in [0.05, 0.1) is 24.1 Å². The zero-order valence-electron chi connectivity index (χ0n) is 23.6. The van der Waals surface area contributed by atoms with Gasteiger partial charge in [-0.3, -0.25) is 19.4 Å². The Bertz CT molecular complexity index is 1500. The first-order valence-electron chi connectivity index (χ1n) is 13.7. The molecule has 3 aromatic rings. The number of aromatic amines is 1. The van der Waals surface area contributed by atoms with Gasteiger partial charge in [0, 0.05) is 11.6 Å². The minimum atomic E-state index is -1.01. The van der Waals surface area contributed by atoms with E-state index in [-0.39, 0.29) is 36.1 Å². The highest BCUT2D eigenvalue weighted by molar-refractivity contribution is 6.05. The Hall–Kier alpha value is -4.80. The standard InChI is InChI=1S/C31H34FN3O7/c1-4-19(5-2)28(29(38)27-17(3)30(39)35-31(27)40)34-26(37)15-22(20-7-6-8-21(32)14-20)33-25(36)12-10-18-9-11-23-24(13-18)42-16-41-23/h6-14,19,22,28,35,39-40H,4-5,15-16H2,1-3H3,(H,33,36)(H,34,37). The molecule has 0 radical (unpaired) electrons. The lowest BCUT2D eigenvalue weighted by molar-refractivity contribution is -0.123. The first-order valence-corrected chi connectivity index (χ1v) is 13.7. The van der Waals surface area contributed by atoms with Crippen LogP contribution in [0.5, 0.6) is 23.3 Å². The molecule has 1 aliphatic heterocycles. The zero-order chi connectivity index (χ0) is 30.4. The van der Waals surface area contributed by atoms with Gasteiger partial charge in [-0.2, -0.15) is 0 Å². The lowest BCUT2D eigenvalue weighted by Crippen LogP contribution is -2.47. The first-order chi connectivity index (χ1) is 20.1. The third-order valence-electron chi connectivity index (χ3n) is 7.35. The Morgan fingerprint density at radius 3 is 2.43 bits per heavy atom. The van der Waals surface area contributed by atoms with Crippen molar-refractivity contribution in [3.63, 3.8) is 0 Å². The van der Waals surface area contributed by atoms with Crippen LogP contribution in [0.2, 0.25) is 0 Å². The minimum absolute atomic E-state index is 0.103. The van der Waals surface area contributed by atoms with Gasteiger partial charge in [-0.1, -0.05) is 44.9 Å². The highest BCUT2D eigenvalue weighted by Gasteiger charge is 2.33. The molecule has 4 rings (SSSR count).